The van der Waals surface area contributed by atoms with Gasteiger partial charge in [0.1, 0.15) is 6.10 Å². The molecule has 0 bridgehead atoms. The average molecular weight is 269 g/mol. The molecule has 0 aliphatic carbocycles. The van der Waals surface area contributed by atoms with E-state index in [1.807, 2.05) is 4.90 Å². The summed E-state index contributed by atoms with van der Waals surface area (Å²) in [5, 5.41) is 0. The molecule has 2 aliphatic rings. The molecule has 0 saturated carbocycles. The van der Waals surface area contributed by atoms with Crippen molar-refractivity contribution in [3.63, 3.8) is 0 Å². The van der Waals surface area contributed by atoms with Crippen LogP contribution in [0.25, 0.3) is 0 Å². The molecule has 5 heteroatoms. The maximum atomic E-state index is 12.6. The Morgan fingerprint density at radius 3 is 2.89 bits per heavy atom. The molecule has 2 N–H and O–H groups in total. The summed E-state index contributed by atoms with van der Waals surface area (Å²) in [4.78, 5) is 16.9. The number of morpholine rings is 1. The van der Waals surface area contributed by atoms with Crippen molar-refractivity contribution >= 4 is 5.91 Å². The molecule has 0 spiro atoms. The SMILES string of the molecule is CCN1CCO[C@H](C(=O)N2CCC[C@H](C)[C@H]2CN)C1. The number of likely N-dealkylation sites (N-methyl/N-ethyl adjacent to an activating group) is 1. The predicted molar refractivity (Wildman–Crippen MR) is 74.8 cm³/mol. The summed E-state index contributed by atoms with van der Waals surface area (Å²) in [6.07, 6.45) is 1.94. The molecule has 0 radical (unpaired) electrons. The number of rotatable bonds is 3. The summed E-state index contributed by atoms with van der Waals surface area (Å²) in [6, 6.07) is 0.182. The summed E-state index contributed by atoms with van der Waals surface area (Å²) in [5.41, 5.74) is 5.86. The molecule has 2 heterocycles. The number of nitrogens with two attached hydrogens (primary N) is 1. The van der Waals surface area contributed by atoms with Crippen molar-refractivity contribution in [2.45, 2.75) is 38.8 Å². The first-order valence-electron chi connectivity index (χ1n) is 7.51. The second-order valence-corrected chi connectivity index (χ2v) is 5.71. The quantitative estimate of drug-likeness (QED) is 0.800. The number of likely N-dealkylation sites (tertiary alicyclic amines) is 1. The van der Waals surface area contributed by atoms with Gasteiger partial charge in [0.05, 0.1) is 6.61 Å². The fourth-order valence-electron chi connectivity index (χ4n) is 3.21. The van der Waals surface area contributed by atoms with E-state index in [9.17, 15) is 4.79 Å². The summed E-state index contributed by atoms with van der Waals surface area (Å²) < 4.78 is 5.68. The molecular weight excluding hydrogens is 242 g/mol. The van der Waals surface area contributed by atoms with Gasteiger partial charge in [0.15, 0.2) is 0 Å². The molecule has 0 aromatic heterocycles. The zero-order chi connectivity index (χ0) is 13.8. The van der Waals surface area contributed by atoms with Crippen molar-refractivity contribution in [2.75, 3.05) is 39.3 Å². The number of hydrogen-bond acceptors (Lipinski definition) is 4. The van der Waals surface area contributed by atoms with Crippen LogP contribution >= 0.6 is 0 Å². The lowest BCUT2D eigenvalue weighted by Gasteiger charge is -2.42. The van der Waals surface area contributed by atoms with Crippen LogP contribution in [0.15, 0.2) is 0 Å². The van der Waals surface area contributed by atoms with Gasteiger partial charge in [0.2, 0.25) is 0 Å². The number of carbonyl (C=O) groups is 1. The zero-order valence-corrected chi connectivity index (χ0v) is 12.2. The number of amides is 1. The fraction of sp³-hybridized carbons (Fsp3) is 0.929. The molecule has 0 unspecified atom stereocenters. The molecule has 2 saturated heterocycles. The summed E-state index contributed by atoms with van der Waals surface area (Å²) in [5.74, 6) is 0.633. The van der Waals surface area contributed by atoms with Crippen LogP contribution in [0, 0.1) is 5.92 Å². The van der Waals surface area contributed by atoms with E-state index in [1.165, 1.54) is 0 Å². The van der Waals surface area contributed by atoms with Gasteiger partial charge in [0.25, 0.3) is 5.91 Å². The Morgan fingerprint density at radius 2 is 2.21 bits per heavy atom. The number of hydrogen-bond donors (Lipinski definition) is 1. The first-order chi connectivity index (χ1) is 9.17. The monoisotopic (exact) mass is 269 g/mol. The lowest BCUT2D eigenvalue weighted by Crippen LogP contribution is -2.57. The molecule has 2 fully saturated rings. The molecule has 19 heavy (non-hydrogen) atoms. The topological polar surface area (TPSA) is 58.8 Å². The maximum Gasteiger partial charge on any atom is 0.253 e. The first kappa shape index (κ1) is 14.8. The standard InChI is InChI=1S/C14H27N3O2/c1-3-16-7-8-19-13(10-16)14(18)17-6-4-5-11(2)12(17)9-15/h11-13H,3-10,15H2,1-2H3/t11-,12+,13-/m0/s1. The summed E-state index contributed by atoms with van der Waals surface area (Å²) >= 11 is 0. The molecule has 1 amide bonds. The Balaban J connectivity index is 2.01. The van der Waals surface area contributed by atoms with E-state index in [1.54, 1.807) is 0 Å². The molecular formula is C14H27N3O2. The zero-order valence-electron chi connectivity index (χ0n) is 12.2. The third-order valence-corrected chi connectivity index (χ3v) is 4.51. The van der Waals surface area contributed by atoms with Gasteiger partial charge in [-0.2, -0.15) is 0 Å². The molecule has 0 aromatic carbocycles. The summed E-state index contributed by atoms with van der Waals surface area (Å²) in [7, 11) is 0. The normalized spacial score (nSPS) is 33.4. The van der Waals surface area contributed by atoms with Gasteiger partial charge in [-0.15, -0.1) is 0 Å². The van der Waals surface area contributed by atoms with Crippen LogP contribution in [-0.4, -0.2) is 67.2 Å². The molecule has 110 valence electrons. The van der Waals surface area contributed by atoms with Gasteiger partial charge in [-0.25, -0.2) is 0 Å². The van der Waals surface area contributed by atoms with Crippen molar-refractivity contribution < 1.29 is 9.53 Å². The van der Waals surface area contributed by atoms with Gasteiger partial charge in [-0.3, -0.25) is 9.69 Å². The molecule has 0 aromatic rings. The minimum atomic E-state index is -0.298. The predicted octanol–water partition coefficient (Wildman–Crippen LogP) is 0.293. The smallest absolute Gasteiger partial charge is 0.253 e. The highest BCUT2D eigenvalue weighted by atomic mass is 16.5. The second kappa shape index (κ2) is 6.68. The van der Waals surface area contributed by atoms with Crippen molar-refractivity contribution in [1.29, 1.82) is 0 Å². The number of ether oxygens (including phenoxy) is 1. The van der Waals surface area contributed by atoms with Crippen LogP contribution in [-0.2, 0) is 9.53 Å². The van der Waals surface area contributed by atoms with E-state index in [0.717, 1.165) is 39.0 Å². The number of carbonyl (C=O) groups excluding carboxylic acids is 1. The highest BCUT2D eigenvalue weighted by Crippen LogP contribution is 2.24. The highest BCUT2D eigenvalue weighted by molar-refractivity contribution is 5.81. The Morgan fingerprint density at radius 1 is 1.42 bits per heavy atom. The largest absolute Gasteiger partial charge is 0.366 e. The first-order valence-corrected chi connectivity index (χ1v) is 7.51. The van der Waals surface area contributed by atoms with Crippen LogP contribution in [0.4, 0.5) is 0 Å². The minimum Gasteiger partial charge on any atom is -0.366 e. The average Bonchev–Trinajstić information content (AvgIpc) is 2.46. The minimum absolute atomic E-state index is 0.139. The van der Waals surface area contributed by atoms with Gasteiger partial charge in [-0.05, 0) is 25.3 Å². The molecule has 3 atom stereocenters. The van der Waals surface area contributed by atoms with E-state index in [2.05, 4.69) is 18.7 Å². The van der Waals surface area contributed by atoms with Gasteiger partial charge < -0.3 is 15.4 Å². The fourth-order valence-corrected chi connectivity index (χ4v) is 3.21. The Labute approximate surface area is 116 Å². The number of piperidine rings is 1. The van der Waals surface area contributed by atoms with E-state index in [0.29, 0.717) is 19.1 Å². The van der Waals surface area contributed by atoms with Gasteiger partial charge in [0, 0.05) is 32.2 Å². The third kappa shape index (κ3) is 3.27. The Kier molecular flexibility index (Phi) is 5.19. The lowest BCUT2D eigenvalue weighted by molar-refractivity contribution is -0.154. The van der Waals surface area contributed by atoms with Crippen molar-refractivity contribution in [1.82, 2.24) is 9.80 Å². The Hall–Kier alpha value is -0.650. The summed E-state index contributed by atoms with van der Waals surface area (Å²) in [6.45, 7) is 8.98. The van der Waals surface area contributed by atoms with Crippen molar-refractivity contribution in [2.24, 2.45) is 11.7 Å². The van der Waals surface area contributed by atoms with E-state index >= 15 is 0 Å². The van der Waals surface area contributed by atoms with Crippen LogP contribution in [0.1, 0.15) is 26.7 Å². The van der Waals surface area contributed by atoms with E-state index in [-0.39, 0.29) is 18.1 Å². The van der Waals surface area contributed by atoms with Crippen molar-refractivity contribution in [3.8, 4) is 0 Å². The lowest BCUT2D eigenvalue weighted by atomic mass is 9.90. The Bertz CT molecular complexity index is 311. The molecule has 2 rings (SSSR count). The van der Waals surface area contributed by atoms with E-state index in [4.69, 9.17) is 10.5 Å². The third-order valence-electron chi connectivity index (χ3n) is 4.51. The van der Waals surface area contributed by atoms with Crippen LogP contribution in [0.3, 0.4) is 0 Å². The van der Waals surface area contributed by atoms with Crippen molar-refractivity contribution in [3.05, 3.63) is 0 Å². The molecule has 2 aliphatic heterocycles. The second-order valence-electron chi connectivity index (χ2n) is 5.71. The van der Waals surface area contributed by atoms with Crippen LogP contribution < -0.4 is 5.73 Å². The number of nitrogens with zero attached hydrogens (tertiary/aromatic N) is 2. The van der Waals surface area contributed by atoms with Crippen LogP contribution in [0.2, 0.25) is 0 Å². The van der Waals surface area contributed by atoms with Gasteiger partial charge >= 0.3 is 0 Å². The van der Waals surface area contributed by atoms with Crippen LogP contribution in [0.5, 0.6) is 0 Å². The van der Waals surface area contributed by atoms with E-state index < -0.39 is 0 Å². The molecule has 5 nitrogen and oxygen atoms in total. The van der Waals surface area contributed by atoms with Gasteiger partial charge in [-0.1, -0.05) is 13.8 Å². The maximum absolute atomic E-state index is 12.6. The highest BCUT2D eigenvalue weighted by Gasteiger charge is 2.36.